The van der Waals surface area contributed by atoms with Crippen LogP contribution in [0.2, 0.25) is 0 Å². The average Bonchev–Trinajstić information content (AvgIpc) is 2.95. The summed E-state index contributed by atoms with van der Waals surface area (Å²) >= 11 is 0. The van der Waals surface area contributed by atoms with Crippen molar-refractivity contribution in [2.75, 3.05) is 13.2 Å². The van der Waals surface area contributed by atoms with Gasteiger partial charge in [0.15, 0.2) is 0 Å². The lowest BCUT2D eigenvalue weighted by molar-refractivity contribution is 0.0941. The minimum Gasteiger partial charge on any atom is -0.378 e. The minimum absolute atomic E-state index is 0.333. The molecule has 1 aliphatic heterocycles. The fourth-order valence-electron chi connectivity index (χ4n) is 2.34. The lowest BCUT2D eigenvalue weighted by atomic mass is 10.0. The van der Waals surface area contributed by atoms with Crippen molar-refractivity contribution in [3.8, 4) is 0 Å². The topological polar surface area (TPSA) is 39.1 Å². The highest BCUT2D eigenvalue weighted by Gasteiger charge is 2.22. The van der Waals surface area contributed by atoms with Crippen molar-refractivity contribution >= 4 is 0 Å². The molecule has 2 unspecified atom stereocenters. The number of hydrogen-bond donors (Lipinski definition) is 1. The summed E-state index contributed by atoms with van der Waals surface area (Å²) in [6.45, 7) is 4.15. The SMILES string of the molecule is CCCNC(CC1CCCO1)c1ccn(C)n1. The summed E-state index contributed by atoms with van der Waals surface area (Å²) in [5, 5.41) is 8.07. The van der Waals surface area contributed by atoms with Crippen molar-refractivity contribution in [1.82, 2.24) is 15.1 Å². The summed E-state index contributed by atoms with van der Waals surface area (Å²) in [5.74, 6) is 0. The third-order valence-electron chi connectivity index (χ3n) is 3.25. The van der Waals surface area contributed by atoms with Gasteiger partial charge in [0.1, 0.15) is 0 Å². The van der Waals surface area contributed by atoms with E-state index in [-0.39, 0.29) is 0 Å². The molecule has 0 spiro atoms. The van der Waals surface area contributed by atoms with Gasteiger partial charge in [-0.25, -0.2) is 0 Å². The Morgan fingerprint density at radius 3 is 3.12 bits per heavy atom. The summed E-state index contributed by atoms with van der Waals surface area (Å²) in [4.78, 5) is 0. The van der Waals surface area contributed by atoms with E-state index >= 15 is 0 Å². The van der Waals surface area contributed by atoms with E-state index in [1.807, 2.05) is 17.9 Å². The van der Waals surface area contributed by atoms with Crippen LogP contribution in [-0.4, -0.2) is 29.0 Å². The number of ether oxygens (including phenoxy) is 1. The summed E-state index contributed by atoms with van der Waals surface area (Å²) < 4.78 is 7.58. The molecule has 2 rings (SSSR count). The lowest BCUT2D eigenvalue weighted by Crippen LogP contribution is -2.26. The van der Waals surface area contributed by atoms with E-state index in [4.69, 9.17) is 4.74 Å². The van der Waals surface area contributed by atoms with Gasteiger partial charge in [0.25, 0.3) is 0 Å². The zero-order chi connectivity index (χ0) is 12.1. The van der Waals surface area contributed by atoms with Crippen LogP contribution in [0.1, 0.15) is 44.3 Å². The molecule has 96 valence electrons. The van der Waals surface area contributed by atoms with Crippen molar-refractivity contribution in [3.05, 3.63) is 18.0 Å². The molecule has 1 aromatic rings. The molecular weight excluding hydrogens is 214 g/mol. The van der Waals surface area contributed by atoms with Crippen LogP contribution in [0, 0.1) is 0 Å². The summed E-state index contributed by atoms with van der Waals surface area (Å²) in [6.07, 6.45) is 6.99. The molecule has 0 saturated carbocycles. The van der Waals surface area contributed by atoms with Crippen LogP contribution in [0.25, 0.3) is 0 Å². The van der Waals surface area contributed by atoms with Crippen molar-refractivity contribution in [1.29, 1.82) is 0 Å². The smallest absolute Gasteiger partial charge is 0.0794 e. The third-order valence-corrected chi connectivity index (χ3v) is 3.25. The van der Waals surface area contributed by atoms with Crippen LogP contribution in [-0.2, 0) is 11.8 Å². The number of nitrogens with one attached hydrogen (secondary N) is 1. The molecule has 0 aromatic carbocycles. The molecule has 0 aliphatic carbocycles. The first-order valence-electron chi connectivity index (χ1n) is 6.64. The highest BCUT2D eigenvalue weighted by atomic mass is 16.5. The Morgan fingerprint density at radius 2 is 2.53 bits per heavy atom. The van der Waals surface area contributed by atoms with Gasteiger partial charge < -0.3 is 10.1 Å². The number of aromatic nitrogens is 2. The molecule has 0 radical (unpaired) electrons. The normalized spacial score (nSPS) is 21.9. The molecular formula is C13H23N3O. The Bertz CT molecular complexity index is 331. The van der Waals surface area contributed by atoms with E-state index < -0.39 is 0 Å². The van der Waals surface area contributed by atoms with Gasteiger partial charge in [-0.2, -0.15) is 5.10 Å². The van der Waals surface area contributed by atoms with Crippen LogP contribution in [0.3, 0.4) is 0 Å². The third kappa shape index (κ3) is 3.54. The molecule has 0 amide bonds. The molecule has 2 heterocycles. The Labute approximate surface area is 103 Å². The summed E-state index contributed by atoms with van der Waals surface area (Å²) in [6, 6.07) is 2.43. The minimum atomic E-state index is 0.333. The van der Waals surface area contributed by atoms with Gasteiger partial charge in [0.05, 0.1) is 17.8 Å². The second-order valence-corrected chi connectivity index (χ2v) is 4.79. The summed E-state index contributed by atoms with van der Waals surface area (Å²) in [5.41, 5.74) is 1.14. The van der Waals surface area contributed by atoms with Crippen molar-refractivity contribution in [3.63, 3.8) is 0 Å². The molecule has 4 heteroatoms. The monoisotopic (exact) mass is 237 g/mol. The second kappa shape index (κ2) is 6.17. The molecule has 0 bridgehead atoms. The Hall–Kier alpha value is -0.870. The fraction of sp³-hybridized carbons (Fsp3) is 0.769. The molecule has 1 fully saturated rings. The van der Waals surface area contributed by atoms with Gasteiger partial charge in [-0.05, 0) is 38.3 Å². The van der Waals surface area contributed by atoms with Crippen LogP contribution in [0.5, 0.6) is 0 Å². The number of rotatable bonds is 6. The van der Waals surface area contributed by atoms with E-state index in [9.17, 15) is 0 Å². The van der Waals surface area contributed by atoms with Gasteiger partial charge in [-0.1, -0.05) is 6.92 Å². The molecule has 1 aliphatic rings. The van der Waals surface area contributed by atoms with Gasteiger partial charge in [0.2, 0.25) is 0 Å². The van der Waals surface area contributed by atoms with E-state index in [1.165, 1.54) is 12.8 Å². The number of aryl methyl sites for hydroxylation is 1. The highest BCUT2D eigenvalue weighted by Crippen LogP contribution is 2.24. The first kappa shape index (κ1) is 12.6. The van der Waals surface area contributed by atoms with Crippen LogP contribution in [0.4, 0.5) is 0 Å². The molecule has 2 atom stereocenters. The van der Waals surface area contributed by atoms with Gasteiger partial charge in [-0.3, -0.25) is 4.68 Å². The van der Waals surface area contributed by atoms with Crippen molar-refractivity contribution < 1.29 is 4.74 Å². The van der Waals surface area contributed by atoms with Crippen molar-refractivity contribution in [2.24, 2.45) is 7.05 Å². The summed E-state index contributed by atoms with van der Waals surface area (Å²) in [7, 11) is 1.96. The van der Waals surface area contributed by atoms with Crippen LogP contribution >= 0.6 is 0 Å². The van der Waals surface area contributed by atoms with E-state index in [2.05, 4.69) is 23.4 Å². The standard InChI is InChI=1S/C13H23N3O/c1-3-7-14-13(10-11-5-4-9-17-11)12-6-8-16(2)15-12/h6,8,11,13-14H,3-5,7,9-10H2,1-2H3. The van der Waals surface area contributed by atoms with Crippen LogP contribution < -0.4 is 5.32 Å². The first-order valence-corrected chi connectivity index (χ1v) is 6.64. The molecule has 1 N–H and O–H groups in total. The first-order chi connectivity index (χ1) is 8.29. The van der Waals surface area contributed by atoms with E-state index in [0.29, 0.717) is 12.1 Å². The Morgan fingerprint density at radius 1 is 1.65 bits per heavy atom. The fourth-order valence-corrected chi connectivity index (χ4v) is 2.34. The zero-order valence-electron chi connectivity index (χ0n) is 10.9. The second-order valence-electron chi connectivity index (χ2n) is 4.79. The maximum Gasteiger partial charge on any atom is 0.0794 e. The van der Waals surface area contributed by atoms with Gasteiger partial charge in [0, 0.05) is 19.9 Å². The number of hydrogen-bond acceptors (Lipinski definition) is 3. The highest BCUT2D eigenvalue weighted by molar-refractivity contribution is 5.06. The average molecular weight is 237 g/mol. The van der Waals surface area contributed by atoms with E-state index in [0.717, 1.165) is 31.7 Å². The maximum absolute atomic E-state index is 5.72. The quantitative estimate of drug-likeness (QED) is 0.823. The molecule has 1 saturated heterocycles. The Kier molecular flexibility index (Phi) is 4.57. The van der Waals surface area contributed by atoms with Gasteiger partial charge >= 0.3 is 0 Å². The number of nitrogens with zero attached hydrogens (tertiary/aromatic N) is 2. The van der Waals surface area contributed by atoms with Crippen molar-refractivity contribution in [2.45, 2.75) is 44.8 Å². The van der Waals surface area contributed by atoms with Gasteiger partial charge in [-0.15, -0.1) is 0 Å². The Balaban J connectivity index is 1.96. The predicted molar refractivity (Wildman–Crippen MR) is 67.8 cm³/mol. The lowest BCUT2D eigenvalue weighted by Gasteiger charge is -2.19. The van der Waals surface area contributed by atoms with E-state index in [1.54, 1.807) is 0 Å². The largest absolute Gasteiger partial charge is 0.378 e. The molecule has 1 aromatic heterocycles. The maximum atomic E-state index is 5.72. The van der Waals surface area contributed by atoms with Crippen LogP contribution in [0.15, 0.2) is 12.3 Å². The zero-order valence-corrected chi connectivity index (χ0v) is 10.9. The predicted octanol–water partition coefficient (Wildman–Crippen LogP) is 2.03. The molecule has 4 nitrogen and oxygen atoms in total. The molecule has 17 heavy (non-hydrogen) atoms.